The SMILES string of the molecule is COc1ccc(C(O)CNCCCNC(C)=O)cc1C. The Morgan fingerprint density at radius 1 is 1.40 bits per heavy atom. The molecule has 0 spiro atoms. The fourth-order valence-corrected chi connectivity index (χ4v) is 1.94. The smallest absolute Gasteiger partial charge is 0.216 e. The van der Waals surface area contributed by atoms with Gasteiger partial charge in [-0.05, 0) is 43.1 Å². The molecule has 0 aliphatic heterocycles. The third-order valence-corrected chi connectivity index (χ3v) is 3.05. The minimum absolute atomic E-state index is 0.0151. The summed E-state index contributed by atoms with van der Waals surface area (Å²) < 4.78 is 5.19. The summed E-state index contributed by atoms with van der Waals surface area (Å²) in [5, 5.41) is 16.0. The quantitative estimate of drug-likeness (QED) is 0.625. The van der Waals surface area contributed by atoms with Gasteiger partial charge in [-0.15, -0.1) is 0 Å². The molecule has 112 valence electrons. The average molecular weight is 280 g/mol. The highest BCUT2D eigenvalue weighted by Gasteiger charge is 2.08. The zero-order chi connectivity index (χ0) is 15.0. The van der Waals surface area contributed by atoms with Crippen molar-refractivity contribution < 1.29 is 14.6 Å². The summed E-state index contributed by atoms with van der Waals surface area (Å²) >= 11 is 0. The van der Waals surface area contributed by atoms with E-state index < -0.39 is 6.10 Å². The van der Waals surface area contributed by atoms with Crippen LogP contribution in [0.2, 0.25) is 0 Å². The number of aliphatic hydroxyl groups is 1. The maximum atomic E-state index is 10.7. The van der Waals surface area contributed by atoms with Gasteiger partial charge in [-0.25, -0.2) is 0 Å². The molecule has 3 N–H and O–H groups in total. The van der Waals surface area contributed by atoms with E-state index in [1.54, 1.807) is 7.11 Å². The second kappa shape index (κ2) is 8.55. The van der Waals surface area contributed by atoms with Crippen LogP contribution >= 0.6 is 0 Å². The van der Waals surface area contributed by atoms with E-state index in [0.717, 1.165) is 29.8 Å². The first-order valence-electron chi connectivity index (χ1n) is 6.82. The minimum Gasteiger partial charge on any atom is -0.496 e. The highest BCUT2D eigenvalue weighted by molar-refractivity contribution is 5.72. The van der Waals surface area contributed by atoms with Gasteiger partial charge < -0.3 is 20.5 Å². The summed E-state index contributed by atoms with van der Waals surface area (Å²) in [6.45, 7) is 5.36. The summed E-state index contributed by atoms with van der Waals surface area (Å²) in [6.07, 6.45) is 0.300. The number of aryl methyl sites for hydroxylation is 1. The summed E-state index contributed by atoms with van der Waals surface area (Å²) in [5.41, 5.74) is 1.88. The van der Waals surface area contributed by atoms with Gasteiger partial charge in [0, 0.05) is 20.0 Å². The van der Waals surface area contributed by atoms with Crippen LogP contribution in [0.15, 0.2) is 18.2 Å². The van der Waals surface area contributed by atoms with Gasteiger partial charge in [0.15, 0.2) is 0 Å². The number of carbonyl (C=O) groups is 1. The van der Waals surface area contributed by atoms with E-state index in [1.165, 1.54) is 6.92 Å². The van der Waals surface area contributed by atoms with Crippen molar-refractivity contribution in [3.05, 3.63) is 29.3 Å². The molecule has 0 heterocycles. The molecule has 0 radical (unpaired) electrons. The lowest BCUT2D eigenvalue weighted by Gasteiger charge is -2.14. The average Bonchev–Trinajstić information content (AvgIpc) is 2.42. The van der Waals surface area contributed by atoms with Crippen molar-refractivity contribution in [1.29, 1.82) is 0 Å². The van der Waals surface area contributed by atoms with E-state index in [9.17, 15) is 9.90 Å². The van der Waals surface area contributed by atoms with Gasteiger partial charge in [0.2, 0.25) is 5.91 Å². The molecule has 1 amide bonds. The largest absolute Gasteiger partial charge is 0.496 e. The fraction of sp³-hybridized carbons (Fsp3) is 0.533. The molecule has 0 fully saturated rings. The number of amides is 1. The van der Waals surface area contributed by atoms with Crippen molar-refractivity contribution in [2.75, 3.05) is 26.7 Å². The molecule has 5 heteroatoms. The molecular formula is C15H24N2O3. The standard InChI is InChI=1S/C15H24N2O3/c1-11-9-13(5-6-15(11)20-3)14(19)10-16-7-4-8-17-12(2)18/h5-6,9,14,16,19H,4,7-8,10H2,1-3H3,(H,17,18). The molecule has 0 saturated heterocycles. The molecular weight excluding hydrogens is 256 g/mol. The molecule has 1 atom stereocenters. The topological polar surface area (TPSA) is 70.6 Å². The molecule has 1 aromatic rings. The Bertz CT molecular complexity index is 435. The zero-order valence-electron chi connectivity index (χ0n) is 12.4. The zero-order valence-corrected chi connectivity index (χ0v) is 12.4. The molecule has 0 saturated carbocycles. The van der Waals surface area contributed by atoms with Crippen LogP contribution in [-0.2, 0) is 4.79 Å². The molecule has 1 aromatic carbocycles. The first-order valence-corrected chi connectivity index (χ1v) is 6.82. The van der Waals surface area contributed by atoms with Crippen LogP contribution in [0.3, 0.4) is 0 Å². The lowest BCUT2D eigenvalue weighted by Crippen LogP contribution is -2.27. The van der Waals surface area contributed by atoms with Gasteiger partial charge in [-0.2, -0.15) is 0 Å². The minimum atomic E-state index is -0.541. The summed E-state index contributed by atoms with van der Waals surface area (Å²) in [7, 11) is 1.63. The number of nitrogens with one attached hydrogen (secondary N) is 2. The normalized spacial score (nSPS) is 12.0. The van der Waals surface area contributed by atoms with Crippen molar-refractivity contribution in [2.45, 2.75) is 26.4 Å². The lowest BCUT2D eigenvalue weighted by atomic mass is 10.1. The number of hydrogen-bond acceptors (Lipinski definition) is 4. The van der Waals surface area contributed by atoms with Crippen LogP contribution in [-0.4, -0.2) is 37.8 Å². The Labute approximate surface area is 120 Å². The molecule has 1 rings (SSSR count). The van der Waals surface area contributed by atoms with Crippen LogP contribution in [0, 0.1) is 6.92 Å². The third kappa shape index (κ3) is 5.59. The first-order chi connectivity index (χ1) is 9.54. The van der Waals surface area contributed by atoms with Gasteiger partial charge in [-0.1, -0.05) is 6.07 Å². The van der Waals surface area contributed by atoms with E-state index in [1.807, 2.05) is 25.1 Å². The van der Waals surface area contributed by atoms with Gasteiger partial charge in [0.1, 0.15) is 5.75 Å². The van der Waals surface area contributed by atoms with E-state index in [-0.39, 0.29) is 5.91 Å². The Hall–Kier alpha value is -1.59. The van der Waals surface area contributed by atoms with Crippen molar-refractivity contribution in [3.63, 3.8) is 0 Å². The number of aliphatic hydroxyl groups excluding tert-OH is 1. The summed E-state index contributed by atoms with van der Waals surface area (Å²) in [5.74, 6) is 0.808. The highest BCUT2D eigenvalue weighted by Crippen LogP contribution is 2.22. The molecule has 5 nitrogen and oxygen atoms in total. The highest BCUT2D eigenvalue weighted by atomic mass is 16.5. The van der Waals surface area contributed by atoms with E-state index in [0.29, 0.717) is 13.1 Å². The Morgan fingerprint density at radius 2 is 2.15 bits per heavy atom. The number of ether oxygens (including phenoxy) is 1. The predicted octanol–water partition coefficient (Wildman–Crippen LogP) is 1.15. The maximum Gasteiger partial charge on any atom is 0.216 e. The Balaban J connectivity index is 2.30. The van der Waals surface area contributed by atoms with Gasteiger partial charge in [0.25, 0.3) is 0 Å². The second-order valence-corrected chi connectivity index (χ2v) is 4.79. The fourth-order valence-electron chi connectivity index (χ4n) is 1.94. The molecule has 1 unspecified atom stereocenters. The van der Waals surface area contributed by atoms with Gasteiger partial charge >= 0.3 is 0 Å². The van der Waals surface area contributed by atoms with E-state index >= 15 is 0 Å². The first kappa shape index (κ1) is 16.5. The Morgan fingerprint density at radius 3 is 2.75 bits per heavy atom. The van der Waals surface area contributed by atoms with Crippen LogP contribution in [0.25, 0.3) is 0 Å². The summed E-state index contributed by atoms with van der Waals surface area (Å²) in [6, 6.07) is 5.67. The van der Waals surface area contributed by atoms with Crippen LogP contribution in [0.4, 0.5) is 0 Å². The predicted molar refractivity (Wildman–Crippen MR) is 78.9 cm³/mol. The van der Waals surface area contributed by atoms with Crippen LogP contribution in [0.1, 0.15) is 30.6 Å². The van der Waals surface area contributed by atoms with Crippen molar-refractivity contribution in [2.24, 2.45) is 0 Å². The maximum absolute atomic E-state index is 10.7. The van der Waals surface area contributed by atoms with Crippen molar-refractivity contribution in [1.82, 2.24) is 10.6 Å². The van der Waals surface area contributed by atoms with Crippen LogP contribution < -0.4 is 15.4 Å². The van der Waals surface area contributed by atoms with Gasteiger partial charge in [-0.3, -0.25) is 4.79 Å². The molecule has 20 heavy (non-hydrogen) atoms. The van der Waals surface area contributed by atoms with Gasteiger partial charge in [0.05, 0.1) is 13.2 Å². The molecule has 0 aliphatic rings. The summed E-state index contributed by atoms with van der Waals surface area (Å²) in [4.78, 5) is 10.7. The monoisotopic (exact) mass is 280 g/mol. The molecule has 0 bridgehead atoms. The van der Waals surface area contributed by atoms with Crippen LogP contribution in [0.5, 0.6) is 5.75 Å². The number of hydrogen-bond donors (Lipinski definition) is 3. The Kier molecular flexibility index (Phi) is 7.04. The number of rotatable bonds is 8. The lowest BCUT2D eigenvalue weighted by molar-refractivity contribution is -0.118. The second-order valence-electron chi connectivity index (χ2n) is 4.79. The number of benzene rings is 1. The van der Waals surface area contributed by atoms with E-state index in [2.05, 4.69) is 10.6 Å². The number of carbonyl (C=O) groups excluding carboxylic acids is 1. The van der Waals surface area contributed by atoms with Crippen molar-refractivity contribution in [3.8, 4) is 5.75 Å². The molecule has 0 aromatic heterocycles. The molecule has 0 aliphatic carbocycles. The van der Waals surface area contributed by atoms with E-state index in [4.69, 9.17) is 4.74 Å². The van der Waals surface area contributed by atoms with Crippen molar-refractivity contribution >= 4 is 5.91 Å². The third-order valence-electron chi connectivity index (χ3n) is 3.05. The number of methoxy groups -OCH3 is 1.